The predicted octanol–water partition coefficient (Wildman–Crippen LogP) is 4.41. The molecule has 0 unspecified atom stereocenters. The van der Waals surface area contributed by atoms with Gasteiger partial charge in [0.2, 0.25) is 0 Å². The second kappa shape index (κ2) is 6.29. The average Bonchev–Trinajstić information content (AvgIpc) is 3.04. The zero-order chi connectivity index (χ0) is 15.4. The Balaban J connectivity index is 1.94. The molecule has 0 saturated heterocycles. The highest BCUT2D eigenvalue weighted by Gasteiger charge is 2.09. The van der Waals surface area contributed by atoms with Crippen LogP contribution in [0.1, 0.15) is 10.6 Å². The molecule has 0 radical (unpaired) electrons. The third kappa shape index (κ3) is 3.08. The van der Waals surface area contributed by atoms with Gasteiger partial charge in [0.15, 0.2) is 0 Å². The van der Waals surface area contributed by atoms with E-state index in [2.05, 4.69) is 16.0 Å². The van der Waals surface area contributed by atoms with Crippen LogP contribution in [0.15, 0.2) is 54.2 Å². The summed E-state index contributed by atoms with van der Waals surface area (Å²) in [4.78, 5) is 8.41. The minimum Gasteiger partial charge on any atom is -0.265 e. The van der Waals surface area contributed by atoms with Gasteiger partial charge in [-0.15, -0.1) is 11.3 Å². The zero-order valence-electron chi connectivity index (χ0n) is 11.4. The predicted molar refractivity (Wildman–Crippen MR) is 85.2 cm³/mol. The maximum Gasteiger partial charge on any atom is 0.134 e. The Kier molecular flexibility index (Phi) is 4.03. The minimum absolute atomic E-state index is 0.283. The molecule has 106 valence electrons. The lowest BCUT2D eigenvalue weighted by Crippen LogP contribution is -1.83. The van der Waals surface area contributed by atoms with Crippen molar-refractivity contribution in [1.82, 2.24) is 9.97 Å². The third-order valence-electron chi connectivity index (χ3n) is 3.01. The SMILES string of the molecule is N#C/C(=C\c1ccncc1)c1nc(-c2ccc(F)cc2)cs1. The van der Waals surface area contributed by atoms with E-state index in [0.717, 1.165) is 16.8 Å². The standard InChI is InChI=1S/C17H10FN3S/c18-15-3-1-13(2-4-15)16-11-22-17(21-16)14(10-19)9-12-5-7-20-8-6-12/h1-9,11H/b14-9+. The first-order valence-corrected chi connectivity index (χ1v) is 7.38. The Morgan fingerprint density at radius 2 is 1.86 bits per heavy atom. The number of hydrogen-bond acceptors (Lipinski definition) is 4. The lowest BCUT2D eigenvalue weighted by atomic mass is 10.1. The van der Waals surface area contributed by atoms with Gasteiger partial charge in [-0.05, 0) is 48.0 Å². The molecule has 3 nitrogen and oxygen atoms in total. The van der Waals surface area contributed by atoms with E-state index >= 15 is 0 Å². The quantitative estimate of drug-likeness (QED) is 0.673. The van der Waals surface area contributed by atoms with Gasteiger partial charge in [0, 0.05) is 23.3 Å². The van der Waals surface area contributed by atoms with E-state index in [9.17, 15) is 9.65 Å². The van der Waals surface area contributed by atoms with Gasteiger partial charge in [-0.2, -0.15) is 5.26 Å². The number of nitrogens with zero attached hydrogens (tertiary/aromatic N) is 3. The number of aromatic nitrogens is 2. The van der Waals surface area contributed by atoms with Crippen molar-refractivity contribution in [1.29, 1.82) is 5.26 Å². The number of halogens is 1. The number of hydrogen-bond donors (Lipinski definition) is 0. The van der Waals surface area contributed by atoms with E-state index in [1.807, 2.05) is 17.5 Å². The van der Waals surface area contributed by atoms with Gasteiger partial charge < -0.3 is 0 Å². The molecular weight excluding hydrogens is 297 g/mol. The van der Waals surface area contributed by atoms with Crippen LogP contribution in [0.4, 0.5) is 4.39 Å². The van der Waals surface area contributed by atoms with E-state index in [0.29, 0.717) is 10.6 Å². The summed E-state index contributed by atoms with van der Waals surface area (Å²) in [5, 5.41) is 11.8. The molecule has 0 aliphatic carbocycles. The molecule has 0 saturated carbocycles. The fourth-order valence-corrected chi connectivity index (χ4v) is 2.71. The van der Waals surface area contributed by atoms with Crippen LogP contribution in [0.25, 0.3) is 22.9 Å². The highest BCUT2D eigenvalue weighted by molar-refractivity contribution is 7.11. The van der Waals surface area contributed by atoms with E-state index in [-0.39, 0.29) is 5.82 Å². The summed E-state index contributed by atoms with van der Waals surface area (Å²) in [5.41, 5.74) is 2.94. The van der Waals surface area contributed by atoms with Crippen LogP contribution in [0.2, 0.25) is 0 Å². The molecule has 0 aliphatic heterocycles. The van der Waals surface area contributed by atoms with Crippen molar-refractivity contribution in [3.8, 4) is 17.3 Å². The van der Waals surface area contributed by atoms with Crippen LogP contribution in [0, 0.1) is 17.1 Å². The first kappa shape index (κ1) is 14.1. The molecule has 0 aliphatic rings. The number of pyridine rings is 1. The number of rotatable bonds is 3. The largest absolute Gasteiger partial charge is 0.265 e. The second-order valence-corrected chi connectivity index (χ2v) is 5.35. The van der Waals surface area contributed by atoms with Gasteiger partial charge in [0.05, 0.1) is 11.3 Å². The molecular formula is C17H10FN3S. The average molecular weight is 307 g/mol. The molecule has 0 spiro atoms. The highest BCUT2D eigenvalue weighted by Crippen LogP contribution is 2.27. The Morgan fingerprint density at radius 3 is 2.55 bits per heavy atom. The Labute approximate surface area is 131 Å². The summed E-state index contributed by atoms with van der Waals surface area (Å²) >= 11 is 1.39. The lowest BCUT2D eigenvalue weighted by Gasteiger charge is -1.96. The van der Waals surface area contributed by atoms with Crippen molar-refractivity contribution in [3.05, 3.63) is 70.6 Å². The van der Waals surface area contributed by atoms with Crippen LogP contribution in [0.3, 0.4) is 0 Å². The second-order valence-electron chi connectivity index (χ2n) is 4.50. The van der Waals surface area contributed by atoms with Gasteiger partial charge in [-0.3, -0.25) is 4.98 Å². The molecule has 2 aromatic heterocycles. The van der Waals surface area contributed by atoms with Crippen LogP contribution in [-0.2, 0) is 0 Å². The number of thiazole rings is 1. The molecule has 3 rings (SSSR count). The van der Waals surface area contributed by atoms with Crippen molar-refractivity contribution in [3.63, 3.8) is 0 Å². The molecule has 0 N–H and O–H groups in total. The van der Waals surface area contributed by atoms with E-state index in [1.165, 1.54) is 23.5 Å². The summed E-state index contributed by atoms with van der Waals surface area (Å²) in [6.07, 6.45) is 5.12. The Hall–Kier alpha value is -2.84. The fourth-order valence-electron chi connectivity index (χ4n) is 1.92. The highest BCUT2D eigenvalue weighted by atomic mass is 32.1. The number of nitriles is 1. The first-order chi connectivity index (χ1) is 10.8. The molecule has 5 heteroatoms. The lowest BCUT2D eigenvalue weighted by molar-refractivity contribution is 0.628. The summed E-state index contributed by atoms with van der Waals surface area (Å²) in [6.45, 7) is 0. The molecule has 0 bridgehead atoms. The Morgan fingerprint density at radius 1 is 1.14 bits per heavy atom. The van der Waals surface area contributed by atoms with Crippen molar-refractivity contribution >= 4 is 23.0 Å². The monoisotopic (exact) mass is 307 g/mol. The number of allylic oxidation sites excluding steroid dienone is 1. The van der Waals surface area contributed by atoms with E-state index < -0.39 is 0 Å². The van der Waals surface area contributed by atoms with Crippen molar-refractivity contribution in [2.24, 2.45) is 0 Å². The van der Waals surface area contributed by atoms with E-state index in [4.69, 9.17) is 0 Å². The van der Waals surface area contributed by atoms with Gasteiger partial charge in [0.25, 0.3) is 0 Å². The molecule has 0 atom stereocenters. The van der Waals surface area contributed by atoms with Crippen LogP contribution < -0.4 is 0 Å². The molecule has 22 heavy (non-hydrogen) atoms. The normalized spacial score (nSPS) is 11.2. The molecule has 0 amide bonds. The van der Waals surface area contributed by atoms with Gasteiger partial charge in [-0.1, -0.05) is 0 Å². The van der Waals surface area contributed by atoms with Gasteiger partial charge >= 0.3 is 0 Å². The molecule has 1 aromatic carbocycles. The fraction of sp³-hybridized carbons (Fsp3) is 0. The summed E-state index contributed by atoms with van der Waals surface area (Å²) in [7, 11) is 0. The van der Waals surface area contributed by atoms with Gasteiger partial charge in [0.1, 0.15) is 16.9 Å². The van der Waals surface area contributed by atoms with Gasteiger partial charge in [-0.25, -0.2) is 9.37 Å². The summed E-state index contributed by atoms with van der Waals surface area (Å²) in [5.74, 6) is -0.283. The first-order valence-electron chi connectivity index (χ1n) is 6.50. The number of benzene rings is 1. The van der Waals surface area contributed by atoms with Crippen LogP contribution >= 0.6 is 11.3 Å². The summed E-state index contributed by atoms with van der Waals surface area (Å²) < 4.78 is 13.0. The zero-order valence-corrected chi connectivity index (χ0v) is 12.2. The smallest absolute Gasteiger partial charge is 0.134 e. The van der Waals surface area contributed by atoms with Crippen molar-refractivity contribution in [2.75, 3.05) is 0 Å². The Bertz CT molecular complexity index is 846. The van der Waals surface area contributed by atoms with E-state index in [1.54, 1.807) is 30.6 Å². The minimum atomic E-state index is -0.283. The van der Waals surface area contributed by atoms with Crippen molar-refractivity contribution in [2.45, 2.75) is 0 Å². The molecule has 2 heterocycles. The topological polar surface area (TPSA) is 49.6 Å². The maximum absolute atomic E-state index is 13.0. The maximum atomic E-state index is 13.0. The van der Waals surface area contributed by atoms with Crippen LogP contribution in [0.5, 0.6) is 0 Å². The van der Waals surface area contributed by atoms with Crippen molar-refractivity contribution < 1.29 is 4.39 Å². The third-order valence-corrected chi connectivity index (χ3v) is 3.89. The van der Waals surface area contributed by atoms with Crippen LogP contribution in [-0.4, -0.2) is 9.97 Å². The summed E-state index contributed by atoms with van der Waals surface area (Å²) in [6, 6.07) is 12.0. The molecule has 0 fully saturated rings. The molecule has 3 aromatic rings.